The fourth-order valence-corrected chi connectivity index (χ4v) is 2.66. The van der Waals surface area contributed by atoms with Gasteiger partial charge in [0.25, 0.3) is 5.91 Å². The molecular formula is C16H24N2O. The Morgan fingerprint density at radius 3 is 2.84 bits per heavy atom. The molecule has 1 aliphatic rings. The van der Waals surface area contributed by atoms with Gasteiger partial charge in [0, 0.05) is 18.7 Å². The Balaban J connectivity index is 1.99. The van der Waals surface area contributed by atoms with Gasteiger partial charge >= 0.3 is 0 Å². The smallest absolute Gasteiger partial charge is 0.253 e. The molecule has 1 heterocycles. The molecule has 0 radical (unpaired) electrons. The summed E-state index contributed by atoms with van der Waals surface area (Å²) in [7, 11) is 1.98. The fraction of sp³-hybridized carbons (Fsp3) is 0.562. The first kappa shape index (κ1) is 14.1. The number of carbonyl (C=O) groups is 1. The van der Waals surface area contributed by atoms with Crippen LogP contribution in [-0.4, -0.2) is 37.5 Å². The number of carbonyl (C=O) groups excluding carboxylic acids is 1. The molecule has 1 atom stereocenters. The van der Waals surface area contributed by atoms with Gasteiger partial charge in [0.2, 0.25) is 0 Å². The monoisotopic (exact) mass is 260 g/mol. The molecule has 0 spiro atoms. The standard InChI is InChI=1S/C16H24N2O/c1-12-4-5-15(10-13(12)2)16(19)18-9-7-14(11-18)6-8-17-3/h4-5,10,14,17H,6-9,11H2,1-3H3. The third kappa shape index (κ3) is 3.35. The van der Waals surface area contributed by atoms with Crippen molar-refractivity contribution >= 4 is 5.91 Å². The fourth-order valence-electron chi connectivity index (χ4n) is 2.66. The van der Waals surface area contributed by atoms with Crippen LogP contribution in [0.5, 0.6) is 0 Å². The number of nitrogens with zero attached hydrogens (tertiary/aromatic N) is 1. The molecule has 3 heteroatoms. The Hall–Kier alpha value is -1.35. The van der Waals surface area contributed by atoms with Gasteiger partial charge in [0.15, 0.2) is 0 Å². The van der Waals surface area contributed by atoms with E-state index in [2.05, 4.69) is 19.2 Å². The summed E-state index contributed by atoms with van der Waals surface area (Å²) in [6.45, 7) is 6.99. The molecule has 104 valence electrons. The SMILES string of the molecule is CNCCC1CCN(C(=O)c2ccc(C)c(C)c2)C1. The van der Waals surface area contributed by atoms with Gasteiger partial charge in [0.1, 0.15) is 0 Å². The first-order valence-corrected chi connectivity index (χ1v) is 7.13. The molecule has 19 heavy (non-hydrogen) atoms. The van der Waals surface area contributed by atoms with Gasteiger partial charge in [0.05, 0.1) is 0 Å². The third-order valence-corrected chi connectivity index (χ3v) is 4.13. The summed E-state index contributed by atoms with van der Waals surface area (Å²) in [4.78, 5) is 14.4. The highest BCUT2D eigenvalue weighted by molar-refractivity contribution is 5.94. The van der Waals surface area contributed by atoms with Crippen LogP contribution in [0.2, 0.25) is 0 Å². The maximum atomic E-state index is 12.4. The van der Waals surface area contributed by atoms with Gasteiger partial charge in [-0.3, -0.25) is 4.79 Å². The topological polar surface area (TPSA) is 32.3 Å². The van der Waals surface area contributed by atoms with E-state index in [4.69, 9.17) is 0 Å². The molecule has 0 aromatic heterocycles. The lowest BCUT2D eigenvalue weighted by molar-refractivity contribution is 0.0786. The number of hydrogen-bond donors (Lipinski definition) is 1. The van der Waals surface area contributed by atoms with Crippen molar-refractivity contribution in [3.63, 3.8) is 0 Å². The lowest BCUT2D eigenvalue weighted by atomic mass is 10.0. The molecule has 0 aliphatic carbocycles. The van der Waals surface area contributed by atoms with Crippen molar-refractivity contribution in [1.29, 1.82) is 0 Å². The van der Waals surface area contributed by atoms with Crippen LogP contribution in [0.3, 0.4) is 0 Å². The highest BCUT2D eigenvalue weighted by atomic mass is 16.2. The summed E-state index contributed by atoms with van der Waals surface area (Å²) in [6.07, 6.45) is 2.30. The van der Waals surface area contributed by atoms with E-state index in [1.165, 1.54) is 11.1 Å². The van der Waals surface area contributed by atoms with Crippen molar-refractivity contribution in [1.82, 2.24) is 10.2 Å². The Morgan fingerprint density at radius 2 is 2.16 bits per heavy atom. The molecule has 1 unspecified atom stereocenters. The predicted molar refractivity (Wildman–Crippen MR) is 78.5 cm³/mol. The minimum atomic E-state index is 0.190. The van der Waals surface area contributed by atoms with Gasteiger partial charge in [-0.15, -0.1) is 0 Å². The van der Waals surface area contributed by atoms with Crippen molar-refractivity contribution in [2.75, 3.05) is 26.7 Å². The zero-order chi connectivity index (χ0) is 13.8. The van der Waals surface area contributed by atoms with Gasteiger partial charge in [-0.2, -0.15) is 0 Å². The molecule has 1 N–H and O–H groups in total. The van der Waals surface area contributed by atoms with E-state index in [0.717, 1.165) is 38.0 Å². The highest BCUT2D eigenvalue weighted by Gasteiger charge is 2.26. The highest BCUT2D eigenvalue weighted by Crippen LogP contribution is 2.21. The van der Waals surface area contributed by atoms with E-state index in [-0.39, 0.29) is 5.91 Å². The second-order valence-corrected chi connectivity index (χ2v) is 5.60. The van der Waals surface area contributed by atoms with Crippen LogP contribution in [0.1, 0.15) is 34.3 Å². The van der Waals surface area contributed by atoms with E-state index in [1.807, 2.05) is 30.1 Å². The molecule has 0 bridgehead atoms. The van der Waals surface area contributed by atoms with E-state index in [1.54, 1.807) is 0 Å². The average Bonchev–Trinajstić information content (AvgIpc) is 2.87. The lowest BCUT2D eigenvalue weighted by Gasteiger charge is -2.17. The van der Waals surface area contributed by atoms with Crippen LogP contribution >= 0.6 is 0 Å². The predicted octanol–water partition coefficient (Wildman–Crippen LogP) is 2.38. The van der Waals surface area contributed by atoms with Gasteiger partial charge in [-0.05, 0) is 69.5 Å². The number of rotatable bonds is 4. The van der Waals surface area contributed by atoms with Gasteiger partial charge < -0.3 is 10.2 Å². The minimum Gasteiger partial charge on any atom is -0.338 e. The summed E-state index contributed by atoms with van der Waals surface area (Å²) in [5.41, 5.74) is 3.26. The normalized spacial score (nSPS) is 18.9. The van der Waals surface area contributed by atoms with E-state index < -0.39 is 0 Å². The van der Waals surface area contributed by atoms with Crippen molar-refractivity contribution in [2.45, 2.75) is 26.7 Å². The van der Waals surface area contributed by atoms with Crippen molar-refractivity contribution in [3.05, 3.63) is 34.9 Å². The number of amides is 1. The minimum absolute atomic E-state index is 0.190. The van der Waals surface area contributed by atoms with Crippen LogP contribution in [0, 0.1) is 19.8 Å². The van der Waals surface area contributed by atoms with E-state index in [9.17, 15) is 4.79 Å². The number of likely N-dealkylation sites (tertiary alicyclic amines) is 1. The molecule has 1 amide bonds. The first-order chi connectivity index (χ1) is 9.11. The maximum absolute atomic E-state index is 12.4. The lowest BCUT2D eigenvalue weighted by Crippen LogP contribution is -2.29. The molecule has 3 nitrogen and oxygen atoms in total. The molecule has 1 aromatic rings. The maximum Gasteiger partial charge on any atom is 0.253 e. The first-order valence-electron chi connectivity index (χ1n) is 7.13. The average molecular weight is 260 g/mol. The van der Waals surface area contributed by atoms with Gasteiger partial charge in [-0.25, -0.2) is 0 Å². The summed E-state index contributed by atoms with van der Waals surface area (Å²) < 4.78 is 0. The summed E-state index contributed by atoms with van der Waals surface area (Å²) in [5.74, 6) is 0.845. The van der Waals surface area contributed by atoms with Crippen molar-refractivity contribution in [2.24, 2.45) is 5.92 Å². The van der Waals surface area contributed by atoms with Crippen LogP contribution in [0.25, 0.3) is 0 Å². The summed E-state index contributed by atoms with van der Waals surface area (Å²) >= 11 is 0. The second-order valence-electron chi connectivity index (χ2n) is 5.60. The zero-order valence-electron chi connectivity index (χ0n) is 12.2. The summed E-state index contributed by atoms with van der Waals surface area (Å²) in [6, 6.07) is 6.00. The Bertz CT molecular complexity index is 456. The Labute approximate surface area is 116 Å². The molecular weight excluding hydrogens is 236 g/mol. The molecule has 1 aromatic carbocycles. The molecule has 0 saturated carbocycles. The largest absolute Gasteiger partial charge is 0.338 e. The van der Waals surface area contributed by atoms with Crippen molar-refractivity contribution in [3.8, 4) is 0 Å². The summed E-state index contributed by atoms with van der Waals surface area (Å²) in [5, 5.41) is 3.18. The molecule has 1 saturated heterocycles. The number of hydrogen-bond acceptors (Lipinski definition) is 2. The Kier molecular flexibility index (Phi) is 4.59. The van der Waals surface area contributed by atoms with E-state index >= 15 is 0 Å². The van der Waals surface area contributed by atoms with Gasteiger partial charge in [-0.1, -0.05) is 6.07 Å². The molecule has 2 rings (SSSR count). The van der Waals surface area contributed by atoms with E-state index in [0.29, 0.717) is 5.92 Å². The number of aryl methyl sites for hydroxylation is 2. The molecule has 1 aliphatic heterocycles. The third-order valence-electron chi connectivity index (χ3n) is 4.13. The van der Waals surface area contributed by atoms with Crippen LogP contribution < -0.4 is 5.32 Å². The van der Waals surface area contributed by atoms with Crippen LogP contribution in [-0.2, 0) is 0 Å². The van der Waals surface area contributed by atoms with Crippen LogP contribution in [0.4, 0.5) is 0 Å². The molecule has 1 fully saturated rings. The Morgan fingerprint density at radius 1 is 1.37 bits per heavy atom. The van der Waals surface area contributed by atoms with Crippen LogP contribution in [0.15, 0.2) is 18.2 Å². The quantitative estimate of drug-likeness (QED) is 0.901. The second kappa shape index (κ2) is 6.20. The zero-order valence-corrected chi connectivity index (χ0v) is 12.2. The number of benzene rings is 1. The number of nitrogens with one attached hydrogen (secondary N) is 1. The van der Waals surface area contributed by atoms with Crippen molar-refractivity contribution < 1.29 is 4.79 Å².